The van der Waals surface area contributed by atoms with Crippen LogP contribution >= 0.6 is 15.9 Å². The van der Waals surface area contributed by atoms with E-state index in [2.05, 4.69) is 21.2 Å². The summed E-state index contributed by atoms with van der Waals surface area (Å²) in [5, 5.41) is 13.5. The molecule has 0 aliphatic carbocycles. The van der Waals surface area contributed by atoms with Crippen LogP contribution in [0.4, 0.5) is 11.4 Å². The molecule has 0 radical (unpaired) electrons. The number of aryl methyl sites for hydroxylation is 1. The van der Waals surface area contributed by atoms with Gasteiger partial charge < -0.3 is 10.1 Å². The van der Waals surface area contributed by atoms with Crippen LogP contribution in [0.3, 0.4) is 0 Å². The first kappa shape index (κ1) is 17.0. The van der Waals surface area contributed by atoms with E-state index >= 15 is 0 Å². The molecular weight excluding hydrogens is 364 g/mol. The SMILES string of the molecule is Cc1ccc([N+](=O)[O-])cc1NC(=O)C(C)Oc1cccc(Br)c1. The lowest BCUT2D eigenvalue weighted by atomic mass is 10.1. The van der Waals surface area contributed by atoms with Crippen LogP contribution in [-0.2, 0) is 4.79 Å². The van der Waals surface area contributed by atoms with Crippen LogP contribution in [0, 0.1) is 17.0 Å². The molecule has 1 atom stereocenters. The summed E-state index contributed by atoms with van der Waals surface area (Å²) in [4.78, 5) is 22.5. The average Bonchev–Trinajstić information content (AvgIpc) is 2.49. The van der Waals surface area contributed by atoms with Crippen molar-refractivity contribution in [3.8, 4) is 5.75 Å². The molecule has 2 aromatic rings. The normalized spacial score (nSPS) is 11.6. The molecule has 23 heavy (non-hydrogen) atoms. The Bertz CT molecular complexity index is 749. The molecule has 1 unspecified atom stereocenters. The highest BCUT2D eigenvalue weighted by atomic mass is 79.9. The summed E-state index contributed by atoms with van der Waals surface area (Å²) < 4.78 is 6.42. The van der Waals surface area contributed by atoms with Crippen molar-refractivity contribution in [3.05, 3.63) is 62.6 Å². The second kappa shape index (κ2) is 7.23. The number of nitrogens with one attached hydrogen (secondary N) is 1. The number of halogens is 1. The van der Waals surface area contributed by atoms with Crippen molar-refractivity contribution < 1.29 is 14.5 Å². The van der Waals surface area contributed by atoms with Gasteiger partial charge in [-0.25, -0.2) is 0 Å². The smallest absolute Gasteiger partial charge is 0.271 e. The molecule has 7 heteroatoms. The molecule has 0 fully saturated rings. The van der Waals surface area contributed by atoms with Crippen LogP contribution in [0.2, 0.25) is 0 Å². The zero-order chi connectivity index (χ0) is 17.0. The van der Waals surface area contributed by atoms with Crippen LogP contribution in [-0.4, -0.2) is 16.9 Å². The van der Waals surface area contributed by atoms with Gasteiger partial charge in [-0.15, -0.1) is 0 Å². The van der Waals surface area contributed by atoms with Gasteiger partial charge in [-0.1, -0.05) is 28.1 Å². The number of hydrogen-bond acceptors (Lipinski definition) is 4. The third-order valence-electron chi connectivity index (χ3n) is 3.17. The van der Waals surface area contributed by atoms with Crippen molar-refractivity contribution in [2.45, 2.75) is 20.0 Å². The lowest BCUT2D eigenvalue weighted by molar-refractivity contribution is -0.384. The van der Waals surface area contributed by atoms with E-state index in [1.54, 1.807) is 38.1 Å². The molecule has 1 N–H and O–H groups in total. The second-order valence-corrected chi connectivity index (χ2v) is 5.88. The summed E-state index contributed by atoms with van der Waals surface area (Å²) in [6, 6.07) is 11.5. The lowest BCUT2D eigenvalue weighted by Crippen LogP contribution is -2.30. The van der Waals surface area contributed by atoms with Crippen LogP contribution in [0.5, 0.6) is 5.75 Å². The van der Waals surface area contributed by atoms with Crippen molar-refractivity contribution in [2.24, 2.45) is 0 Å². The third-order valence-corrected chi connectivity index (χ3v) is 3.66. The van der Waals surface area contributed by atoms with Crippen molar-refractivity contribution in [1.29, 1.82) is 0 Å². The van der Waals surface area contributed by atoms with Gasteiger partial charge in [0.25, 0.3) is 11.6 Å². The minimum atomic E-state index is -0.747. The number of nitro groups is 1. The number of benzene rings is 2. The minimum absolute atomic E-state index is 0.0774. The van der Waals surface area contributed by atoms with Gasteiger partial charge in [0.15, 0.2) is 6.10 Å². The van der Waals surface area contributed by atoms with Crippen LogP contribution < -0.4 is 10.1 Å². The number of amides is 1. The zero-order valence-corrected chi connectivity index (χ0v) is 14.2. The molecule has 0 saturated heterocycles. The fourth-order valence-corrected chi connectivity index (χ4v) is 2.27. The molecule has 2 rings (SSSR count). The topological polar surface area (TPSA) is 81.5 Å². The van der Waals surface area contributed by atoms with Gasteiger partial charge in [-0.3, -0.25) is 14.9 Å². The maximum Gasteiger partial charge on any atom is 0.271 e. The Morgan fingerprint density at radius 1 is 1.30 bits per heavy atom. The van der Waals surface area contributed by atoms with E-state index in [1.165, 1.54) is 12.1 Å². The Morgan fingerprint density at radius 3 is 2.70 bits per heavy atom. The molecule has 0 saturated carbocycles. The maximum atomic E-state index is 12.2. The first-order valence-electron chi connectivity index (χ1n) is 6.85. The average molecular weight is 379 g/mol. The first-order chi connectivity index (χ1) is 10.9. The Kier molecular flexibility index (Phi) is 5.33. The van der Waals surface area contributed by atoms with Crippen LogP contribution in [0.25, 0.3) is 0 Å². The predicted octanol–water partition coefficient (Wildman–Crippen LogP) is 4.07. The molecule has 0 aliphatic heterocycles. The number of carbonyl (C=O) groups is 1. The quantitative estimate of drug-likeness (QED) is 0.627. The number of nitrogens with zero attached hydrogens (tertiary/aromatic N) is 1. The van der Waals surface area contributed by atoms with E-state index in [0.717, 1.165) is 10.0 Å². The number of hydrogen-bond donors (Lipinski definition) is 1. The lowest BCUT2D eigenvalue weighted by Gasteiger charge is -2.15. The van der Waals surface area contributed by atoms with Crippen molar-refractivity contribution >= 4 is 33.2 Å². The summed E-state index contributed by atoms with van der Waals surface area (Å²) in [6.07, 6.45) is -0.747. The summed E-state index contributed by atoms with van der Waals surface area (Å²) in [6.45, 7) is 3.38. The number of ether oxygens (including phenoxy) is 1. The molecule has 0 bridgehead atoms. The van der Waals surface area contributed by atoms with E-state index in [-0.39, 0.29) is 11.6 Å². The van der Waals surface area contributed by atoms with E-state index in [1.807, 2.05) is 6.07 Å². The highest BCUT2D eigenvalue weighted by Gasteiger charge is 2.17. The van der Waals surface area contributed by atoms with Gasteiger partial charge in [-0.2, -0.15) is 0 Å². The van der Waals surface area contributed by atoms with Gasteiger partial charge in [0, 0.05) is 16.6 Å². The molecule has 0 aromatic heterocycles. The van der Waals surface area contributed by atoms with E-state index < -0.39 is 11.0 Å². The van der Waals surface area contributed by atoms with Gasteiger partial charge in [-0.05, 0) is 37.6 Å². The molecule has 0 spiro atoms. The summed E-state index contributed by atoms with van der Waals surface area (Å²) in [7, 11) is 0. The predicted molar refractivity (Wildman–Crippen MR) is 90.7 cm³/mol. The number of nitro benzene ring substituents is 1. The summed E-state index contributed by atoms with van der Waals surface area (Å²) >= 11 is 3.33. The third kappa shape index (κ3) is 4.53. The fraction of sp³-hybridized carbons (Fsp3) is 0.188. The Hall–Kier alpha value is -2.41. The molecular formula is C16H15BrN2O4. The number of non-ortho nitro benzene ring substituents is 1. The minimum Gasteiger partial charge on any atom is -0.481 e. The Balaban J connectivity index is 2.09. The van der Waals surface area contributed by atoms with Gasteiger partial charge in [0.05, 0.1) is 10.6 Å². The first-order valence-corrected chi connectivity index (χ1v) is 7.64. The van der Waals surface area contributed by atoms with Gasteiger partial charge >= 0.3 is 0 Å². The number of rotatable bonds is 5. The fourth-order valence-electron chi connectivity index (χ4n) is 1.89. The maximum absolute atomic E-state index is 12.2. The van der Waals surface area contributed by atoms with E-state index in [0.29, 0.717) is 11.4 Å². The summed E-state index contributed by atoms with van der Waals surface area (Å²) in [5.74, 6) is 0.173. The molecule has 6 nitrogen and oxygen atoms in total. The van der Waals surface area contributed by atoms with E-state index in [9.17, 15) is 14.9 Å². The highest BCUT2D eigenvalue weighted by Crippen LogP contribution is 2.23. The van der Waals surface area contributed by atoms with Gasteiger partial charge in [0.1, 0.15) is 5.75 Å². The van der Waals surface area contributed by atoms with E-state index in [4.69, 9.17) is 4.74 Å². The Morgan fingerprint density at radius 2 is 2.04 bits per heavy atom. The van der Waals surface area contributed by atoms with Crippen molar-refractivity contribution in [2.75, 3.05) is 5.32 Å². The number of carbonyl (C=O) groups excluding carboxylic acids is 1. The van der Waals surface area contributed by atoms with Gasteiger partial charge in [0.2, 0.25) is 0 Å². The molecule has 2 aromatic carbocycles. The van der Waals surface area contributed by atoms with Crippen LogP contribution in [0.1, 0.15) is 12.5 Å². The largest absolute Gasteiger partial charge is 0.481 e. The molecule has 0 aliphatic rings. The van der Waals surface area contributed by atoms with Crippen LogP contribution in [0.15, 0.2) is 46.9 Å². The van der Waals surface area contributed by atoms with Crippen molar-refractivity contribution in [1.82, 2.24) is 0 Å². The molecule has 0 heterocycles. The highest BCUT2D eigenvalue weighted by molar-refractivity contribution is 9.10. The standard InChI is InChI=1S/C16H15BrN2O4/c1-10-6-7-13(19(21)22)9-15(10)18-16(20)11(2)23-14-5-3-4-12(17)8-14/h3-9,11H,1-2H3,(H,18,20). The monoisotopic (exact) mass is 378 g/mol. The van der Waals surface area contributed by atoms with Crippen molar-refractivity contribution in [3.63, 3.8) is 0 Å². The number of anilines is 1. The second-order valence-electron chi connectivity index (χ2n) is 4.96. The molecule has 1 amide bonds. The molecule has 120 valence electrons. The summed E-state index contributed by atoms with van der Waals surface area (Å²) in [5.41, 5.74) is 1.05. The zero-order valence-electron chi connectivity index (χ0n) is 12.6. The Labute approximate surface area is 141 Å².